The van der Waals surface area contributed by atoms with E-state index in [1.54, 1.807) is 24.3 Å². The van der Waals surface area contributed by atoms with E-state index in [-0.39, 0.29) is 5.97 Å². The molecular weight excluding hydrogens is 280 g/mol. The minimum absolute atomic E-state index is 0.345. The van der Waals surface area contributed by atoms with Gasteiger partial charge in [-0.1, -0.05) is 45.4 Å². The van der Waals surface area contributed by atoms with Crippen LogP contribution < -0.4 is 0 Å². The highest BCUT2D eigenvalue weighted by Crippen LogP contribution is 2.09. The van der Waals surface area contributed by atoms with E-state index in [1.807, 2.05) is 0 Å². The van der Waals surface area contributed by atoms with Gasteiger partial charge in [0.25, 0.3) is 0 Å². The molecule has 0 atom stereocenters. The molecule has 4 nitrogen and oxygen atoms in total. The molecule has 0 aliphatic heterocycles. The number of carbonyl (C=O) groups excluding carboxylic acids is 2. The monoisotopic (exact) mass is 306 g/mol. The fourth-order valence-electron chi connectivity index (χ4n) is 2.17. The van der Waals surface area contributed by atoms with E-state index in [0.717, 1.165) is 12.8 Å². The van der Waals surface area contributed by atoms with Crippen LogP contribution in [-0.2, 0) is 9.47 Å². The summed E-state index contributed by atoms with van der Waals surface area (Å²) in [5, 5.41) is 0. The summed E-state index contributed by atoms with van der Waals surface area (Å²) >= 11 is 0. The van der Waals surface area contributed by atoms with Gasteiger partial charge in [0.1, 0.15) is 0 Å². The van der Waals surface area contributed by atoms with Gasteiger partial charge in [0.05, 0.1) is 24.8 Å². The van der Waals surface area contributed by atoms with Crippen molar-refractivity contribution >= 4 is 11.9 Å². The standard InChI is InChI=1S/C18H26O4/c1-3-4-5-6-7-8-9-14-22-18(20)16-12-10-15(11-13-16)17(19)21-2/h10-13H,3-9,14H2,1-2H3. The van der Waals surface area contributed by atoms with Gasteiger partial charge in [-0.3, -0.25) is 0 Å². The second-order valence-corrected chi connectivity index (χ2v) is 5.33. The third-order valence-corrected chi connectivity index (χ3v) is 3.52. The van der Waals surface area contributed by atoms with Crippen LogP contribution in [0, 0.1) is 0 Å². The van der Waals surface area contributed by atoms with Crippen LogP contribution in [0.2, 0.25) is 0 Å². The van der Waals surface area contributed by atoms with Crippen LogP contribution >= 0.6 is 0 Å². The highest BCUT2D eigenvalue weighted by atomic mass is 16.5. The molecule has 0 fully saturated rings. The maximum absolute atomic E-state index is 11.8. The predicted molar refractivity (Wildman–Crippen MR) is 86.1 cm³/mol. The molecule has 0 heterocycles. The number of rotatable bonds is 10. The fraction of sp³-hybridized carbons (Fsp3) is 0.556. The third-order valence-electron chi connectivity index (χ3n) is 3.52. The van der Waals surface area contributed by atoms with E-state index >= 15 is 0 Å². The SMILES string of the molecule is CCCCCCCCCOC(=O)c1ccc(C(=O)OC)cc1. The number of unbranched alkanes of at least 4 members (excludes halogenated alkanes) is 6. The van der Waals surface area contributed by atoms with Crippen LogP contribution in [0.5, 0.6) is 0 Å². The molecule has 0 bridgehead atoms. The van der Waals surface area contributed by atoms with Crippen molar-refractivity contribution in [2.75, 3.05) is 13.7 Å². The molecule has 0 aliphatic carbocycles. The number of ether oxygens (including phenoxy) is 2. The van der Waals surface area contributed by atoms with Crippen LogP contribution in [0.3, 0.4) is 0 Å². The maximum atomic E-state index is 11.8. The van der Waals surface area contributed by atoms with Gasteiger partial charge in [-0.05, 0) is 30.7 Å². The van der Waals surface area contributed by atoms with Crippen molar-refractivity contribution in [1.82, 2.24) is 0 Å². The minimum atomic E-state index is -0.414. The summed E-state index contributed by atoms with van der Waals surface area (Å²) in [5.41, 5.74) is 0.877. The largest absolute Gasteiger partial charge is 0.465 e. The summed E-state index contributed by atoms with van der Waals surface area (Å²) in [6.45, 7) is 2.66. The summed E-state index contributed by atoms with van der Waals surface area (Å²) in [6.07, 6.45) is 8.31. The molecule has 0 aliphatic rings. The highest BCUT2D eigenvalue weighted by molar-refractivity contribution is 5.93. The Hall–Kier alpha value is -1.84. The van der Waals surface area contributed by atoms with Crippen LogP contribution in [0.4, 0.5) is 0 Å². The second-order valence-electron chi connectivity index (χ2n) is 5.33. The van der Waals surface area contributed by atoms with E-state index in [9.17, 15) is 9.59 Å². The van der Waals surface area contributed by atoms with Crippen molar-refractivity contribution in [3.05, 3.63) is 35.4 Å². The van der Waals surface area contributed by atoms with Crippen molar-refractivity contribution in [2.45, 2.75) is 51.9 Å². The first kappa shape index (κ1) is 18.2. The normalized spacial score (nSPS) is 10.3. The summed E-state index contributed by atoms with van der Waals surface area (Å²) in [4.78, 5) is 23.1. The number of benzene rings is 1. The van der Waals surface area contributed by atoms with Crippen LogP contribution in [-0.4, -0.2) is 25.7 Å². The zero-order valence-electron chi connectivity index (χ0n) is 13.6. The predicted octanol–water partition coefficient (Wildman–Crippen LogP) is 4.38. The molecule has 4 heteroatoms. The van der Waals surface area contributed by atoms with E-state index < -0.39 is 5.97 Å². The Balaban J connectivity index is 2.21. The topological polar surface area (TPSA) is 52.6 Å². The molecule has 1 aromatic carbocycles. The number of carbonyl (C=O) groups is 2. The maximum Gasteiger partial charge on any atom is 0.338 e. The lowest BCUT2D eigenvalue weighted by atomic mass is 10.1. The third kappa shape index (κ3) is 6.74. The molecule has 1 aromatic rings. The van der Waals surface area contributed by atoms with Gasteiger partial charge >= 0.3 is 11.9 Å². The lowest BCUT2D eigenvalue weighted by Crippen LogP contribution is -2.07. The number of methoxy groups -OCH3 is 1. The Morgan fingerprint density at radius 2 is 1.32 bits per heavy atom. The summed E-state index contributed by atoms with van der Waals surface area (Å²) in [7, 11) is 1.33. The van der Waals surface area contributed by atoms with E-state index in [2.05, 4.69) is 11.7 Å². The lowest BCUT2D eigenvalue weighted by Gasteiger charge is -2.05. The van der Waals surface area contributed by atoms with Crippen LogP contribution in [0.15, 0.2) is 24.3 Å². The molecular formula is C18H26O4. The van der Waals surface area contributed by atoms with Gasteiger partial charge < -0.3 is 9.47 Å². The Kier molecular flexibility index (Phi) is 8.96. The number of hydrogen-bond acceptors (Lipinski definition) is 4. The molecule has 0 spiro atoms. The Morgan fingerprint density at radius 3 is 1.86 bits per heavy atom. The van der Waals surface area contributed by atoms with Crippen molar-refractivity contribution in [3.8, 4) is 0 Å². The van der Waals surface area contributed by atoms with E-state index in [4.69, 9.17) is 4.74 Å². The molecule has 0 amide bonds. The molecule has 0 unspecified atom stereocenters. The smallest absolute Gasteiger partial charge is 0.338 e. The van der Waals surface area contributed by atoms with Crippen molar-refractivity contribution in [3.63, 3.8) is 0 Å². The number of esters is 2. The molecule has 122 valence electrons. The van der Waals surface area contributed by atoms with Gasteiger partial charge in [-0.15, -0.1) is 0 Å². The molecule has 22 heavy (non-hydrogen) atoms. The molecule has 0 aromatic heterocycles. The van der Waals surface area contributed by atoms with Crippen molar-refractivity contribution in [2.24, 2.45) is 0 Å². The summed E-state index contributed by atoms with van der Waals surface area (Å²) < 4.78 is 9.84. The Labute approximate surface area is 132 Å². The van der Waals surface area contributed by atoms with Gasteiger partial charge in [-0.25, -0.2) is 9.59 Å². The first-order valence-corrected chi connectivity index (χ1v) is 8.04. The van der Waals surface area contributed by atoms with Crippen molar-refractivity contribution in [1.29, 1.82) is 0 Å². The lowest BCUT2D eigenvalue weighted by molar-refractivity contribution is 0.0495. The first-order chi connectivity index (χ1) is 10.7. The fourth-order valence-corrected chi connectivity index (χ4v) is 2.17. The molecule has 0 N–H and O–H groups in total. The van der Waals surface area contributed by atoms with E-state index in [0.29, 0.717) is 17.7 Å². The van der Waals surface area contributed by atoms with Gasteiger partial charge in [-0.2, -0.15) is 0 Å². The van der Waals surface area contributed by atoms with Crippen LogP contribution in [0.25, 0.3) is 0 Å². The average molecular weight is 306 g/mol. The first-order valence-electron chi connectivity index (χ1n) is 8.04. The van der Waals surface area contributed by atoms with Gasteiger partial charge in [0.2, 0.25) is 0 Å². The summed E-state index contributed by atoms with van der Waals surface area (Å²) in [5.74, 6) is -0.759. The van der Waals surface area contributed by atoms with E-state index in [1.165, 1.54) is 39.2 Å². The molecule has 0 saturated heterocycles. The average Bonchev–Trinajstić information content (AvgIpc) is 2.56. The minimum Gasteiger partial charge on any atom is -0.465 e. The van der Waals surface area contributed by atoms with Gasteiger partial charge in [0, 0.05) is 0 Å². The molecule has 1 rings (SSSR count). The zero-order valence-corrected chi connectivity index (χ0v) is 13.6. The molecule has 0 radical (unpaired) electrons. The van der Waals surface area contributed by atoms with Crippen molar-refractivity contribution < 1.29 is 19.1 Å². The number of hydrogen-bond donors (Lipinski definition) is 0. The Morgan fingerprint density at radius 1 is 0.818 bits per heavy atom. The molecule has 0 saturated carbocycles. The zero-order chi connectivity index (χ0) is 16.2. The Bertz CT molecular complexity index is 451. The highest BCUT2D eigenvalue weighted by Gasteiger charge is 2.09. The van der Waals surface area contributed by atoms with Gasteiger partial charge in [0.15, 0.2) is 0 Å². The summed E-state index contributed by atoms with van der Waals surface area (Å²) in [6, 6.07) is 6.30. The van der Waals surface area contributed by atoms with Crippen LogP contribution in [0.1, 0.15) is 72.6 Å². The quantitative estimate of drug-likeness (QED) is 0.475. The second kappa shape index (κ2) is 10.8.